The van der Waals surface area contributed by atoms with Crippen molar-refractivity contribution < 1.29 is 18.3 Å². The summed E-state index contributed by atoms with van der Waals surface area (Å²) in [7, 11) is 0. The predicted octanol–water partition coefficient (Wildman–Crippen LogP) is 2.83. The van der Waals surface area contributed by atoms with Crippen molar-refractivity contribution in [3.63, 3.8) is 0 Å². The fourth-order valence-corrected chi connectivity index (χ4v) is 2.83. The Morgan fingerprint density at radius 3 is 2.37 bits per heavy atom. The zero-order valence-electron chi connectivity index (χ0n) is 10.7. The van der Waals surface area contributed by atoms with Crippen LogP contribution in [0.3, 0.4) is 0 Å². The van der Waals surface area contributed by atoms with E-state index in [0.29, 0.717) is 0 Å². The normalized spacial score (nSPS) is 15.3. The molecule has 1 atom stereocenters. The van der Waals surface area contributed by atoms with Crippen molar-refractivity contribution in [2.75, 3.05) is 18.9 Å². The lowest BCUT2D eigenvalue weighted by atomic mass is 9.77. The molecule has 0 fully saturated rings. The lowest BCUT2D eigenvalue weighted by Gasteiger charge is -2.32. The number of nitrogens with two attached hydrogens (primary N) is 1. The van der Waals surface area contributed by atoms with Crippen LogP contribution in [0.25, 0.3) is 0 Å². The third kappa shape index (κ3) is 4.40. The third-order valence-electron chi connectivity index (χ3n) is 3.26. The zero-order valence-corrected chi connectivity index (χ0v) is 11.5. The highest BCUT2D eigenvalue weighted by molar-refractivity contribution is 8.00. The molecule has 3 N–H and O–H groups in total. The van der Waals surface area contributed by atoms with Crippen LogP contribution in [0, 0.1) is 6.92 Å². The van der Waals surface area contributed by atoms with Crippen LogP contribution in [0.4, 0.5) is 13.2 Å². The molecule has 0 aliphatic rings. The first-order valence-electron chi connectivity index (χ1n) is 5.92. The summed E-state index contributed by atoms with van der Waals surface area (Å²) >= 11 is -0.0750. The molecular formula is C13H18F3NOS. The minimum Gasteiger partial charge on any atom is -0.395 e. The largest absolute Gasteiger partial charge is 0.441 e. The van der Waals surface area contributed by atoms with Gasteiger partial charge in [-0.15, -0.1) is 0 Å². The highest BCUT2D eigenvalue weighted by atomic mass is 32.2. The Hall–Kier alpha value is -0.720. The Morgan fingerprint density at radius 2 is 1.89 bits per heavy atom. The summed E-state index contributed by atoms with van der Waals surface area (Å²) in [4.78, 5) is 0. The van der Waals surface area contributed by atoms with Gasteiger partial charge in [0.25, 0.3) is 0 Å². The first kappa shape index (κ1) is 16.3. The zero-order chi connectivity index (χ0) is 14.5. The number of aryl methyl sites for hydroxylation is 1. The van der Waals surface area contributed by atoms with Crippen molar-refractivity contribution in [1.82, 2.24) is 0 Å². The summed E-state index contributed by atoms with van der Waals surface area (Å²) in [5.41, 5.74) is 2.42. The number of aliphatic hydroxyl groups excluding tert-OH is 1. The molecule has 0 aliphatic heterocycles. The maximum absolute atomic E-state index is 12.2. The van der Waals surface area contributed by atoms with Crippen molar-refractivity contribution in [3.8, 4) is 0 Å². The molecular weight excluding hydrogens is 275 g/mol. The van der Waals surface area contributed by atoms with Gasteiger partial charge >= 0.3 is 5.51 Å². The summed E-state index contributed by atoms with van der Waals surface area (Å²) in [6.45, 7) is 1.73. The van der Waals surface area contributed by atoms with Gasteiger partial charge in [-0.05, 0) is 24.5 Å². The van der Waals surface area contributed by atoms with E-state index in [1.165, 1.54) is 0 Å². The van der Waals surface area contributed by atoms with Crippen LogP contribution in [-0.2, 0) is 5.41 Å². The first-order chi connectivity index (χ1) is 8.84. The Labute approximate surface area is 115 Å². The predicted molar refractivity (Wildman–Crippen MR) is 72.1 cm³/mol. The van der Waals surface area contributed by atoms with E-state index in [1.54, 1.807) is 6.07 Å². The summed E-state index contributed by atoms with van der Waals surface area (Å²) in [6.07, 6.45) is 0.190. The maximum atomic E-state index is 12.2. The molecule has 0 saturated heterocycles. The second kappa shape index (κ2) is 6.63. The lowest BCUT2D eigenvalue weighted by molar-refractivity contribution is -0.0329. The average molecular weight is 293 g/mol. The molecule has 0 spiro atoms. The number of alkyl halides is 3. The Morgan fingerprint density at radius 1 is 1.26 bits per heavy atom. The molecule has 0 aromatic heterocycles. The smallest absolute Gasteiger partial charge is 0.395 e. The van der Waals surface area contributed by atoms with Gasteiger partial charge < -0.3 is 10.8 Å². The van der Waals surface area contributed by atoms with Gasteiger partial charge in [-0.25, -0.2) is 0 Å². The van der Waals surface area contributed by atoms with Crippen molar-refractivity contribution >= 4 is 11.8 Å². The van der Waals surface area contributed by atoms with Crippen molar-refractivity contribution in [1.29, 1.82) is 0 Å². The summed E-state index contributed by atoms with van der Waals surface area (Å²) in [5.74, 6) is -0.115. The van der Waals surface area contributed by atoms with Crippen LogP contribution < -0.4 is 5.73 Å². The molecule has 0 radical (unpaired) electrons. The molecule has 2 nitrogen and oxygen atoms in total. The second-order valence-corrected chi connectivity index (χ2v) is 5.66. The van der Waals surface area contributed by atoms with Gasteiger partial charge in [-0.3, -0.25) is 0 Å². The van der Waals surface area contributed by atoms with E-state index in [1.807, 2.05) is 25.1 Å². The minimum atomic E-state index is -4.25. The number of aliphatic hydroxyl groups is 1. The SMILES string of the molecule is Cc1ccccc1C(CN)(CO)CCSC(F)(F)F. The second-order valence-electron chi connectivity index (χ2n) is 4.50. The highest BCUT2D eigenvalue weighted by Crippen LogP contribution is 2.35. The van der Waals surface area contributed by atoms with Crippen LogP contribution in [0.15, 0.2) is 24.3 Å². The van der Waals surface area contributed by atoms with Gasteiger partial charge in [0.15, 0.2) is 0 Å². The fraction of sp³-hybridized carbons (Fsp3) is 0.538. The van der Waals surface area contributed by atoms with E-state index in [2.05, 4.69) is 0 Å². The molecule has 19 heavy (non-hydrogen) atoms. The summed E-state index contributed by atoms with van der Waals surface area (Å²) in [5, 5.41) is 9.61. The fourth-order valence-electron chi connectivity index (χ4n) is 2.11. The Bertz CT molecular complexity index is 405. The van der Waals surface area contributed by atoms with Gasteiger partial charge in [0.1, 0.15) is 0 Å². The molecule has 0 amide bonds. The topological polar surface area (TPSA) is 46.2 Å². The van der Waals surface area contributed by atoms with Crippen molar-refractivity contribution in [2.45, 2.75) is 24.3 Å². The molecule has 108 valence electrons. The Balaban J connectivity index is 2.89. The molecule has 0 aliphatic carbocycles. The van der Waals surface area contributed by atoms with E-state index in [-0.39, 0.29) is 37.1 Å². The number of hydrogen-bond donors (Lipinski definition) is 2. The molecule has 0 saturated carbocycles. The standard InChI is InChI=1S/C13H18F3NOS/c1-10-4-2-3-5-11(10)12(8-17,9-18)6-7-19-13(14,15)16/h2-5,18H,6-9,17H2,1H3. The van der Waals surface area contributed by atoms with Gasteiger partial charge in [-0.2, -0.15) is 13.2 Å². The first-order valence-corrected chi connectivity index (χ1v) is 6.91. The maximum Gasteiger partial charge on any atom is 0.441 e. The van der Waals surface area contributed by atoms with Gasteiger partial charge in [0, 0.05) is 17.7 Å². The van der Waals surface area contributed by atoms with Gasteiger partial charge in [0.2, 0.25) is 0 Å². The monoisotopic (exact) mass is 293 g/mol. The van der Waals surface area contributed by atoms with E-state index < -0.39 is 10.9 Å². The van der Waals surface area contributed by atoms with E-state index in [0.717, 1.165) is 11.1 Å². The highest BCUT2D eigenvalue weighted by Gasteiger charge is 2.34. The number of rotatable bonds is 6. The van der Waals surface area contributed by atoms with Crippen LogP contribution in [0.5, 0.6) is 0 Å². The molecule has 0 heterocycles. The van der Waals surface area contributed by atoms with E-state index in [4.69, 9.17) is 5.73 Å². The molecule has 0 bridgehead atoms. The van der Waals surface area contributed by atoms with E-state index in [9.17, 15) is 18.3 Å². The van der Waals surface area contributed by atoms with Crippen LogP contribution in [-0.4, -0.2) is 29.5 Å². The average Bonchev–Trinajstić information content (AvgIpc) is 2.35. The molecule has 1 rings (SSSR count). The van der Waals surface area contributed by atoms with Gasteiger partial charge in [0.05, 0.1) is 6.61 Å². The Kier molecular flexibility index (Phi) is 5.70. The van der Waals surface area contributed by atoms with Crippen molar-refractivity contribution in [3.05, 3.63) is 35.4 Å². The summed E-state index contributed by atoms with van der Waals surface area (Å²) < 4.78 is 36.6. The van der Waals surface area contributed by atoms with Crippen LogP contribution >= 0.6 is 11.8 Å². The molecule has 1 aromatic carbocycles. The van der Waals surface area contributed by atoms with Crippen LogP contribution in [0.1, 0.15) is 17.5 Å². The van der Waals surface area contributed by atoms with E-state index >= 15 is 0 Å². The number of thioether (sulfide) groups is 1. The minimum absolute atomic E-state index is 0.0750. The lowest BCUT2D eigenvalue weighted by Crippen LogP contribution is -2.40. The summed E-state index contributed by atoms with van der Waals surface area (Å²) in [6, 6.07) is 7.34. The molecule has 1 aromatic rings. The van der Waals surface area contributed by atoms with Gasteiger partial charge in [-0.1, -0.05) is 36.0 Å². The number of halogens is 3. The molecule has 1 unspecified atom stereocenters. The van der Waals surface area contributed by atoms with Crippen LogP contribution in [0.2, 0.25) is 0 Å². The number of benzene rings is 1. The number of hydrogen-bond acceptors (Lipinski definition) is 3. The van der Waals surface area contributed by atoms with Crippen molar-refractivity contribution in [2.24, 2.45) is 5.73 Å². The quantitative estimate of drug-likeness (QED) is 0.848. The third-order valence-corrected chi connectivity index (χ3v) is 3.99. The molecule has 6 heteroatoms.